The molecular formula is C20H18ClF3N4O3S. The lowest BCUT2D eigenvalue weighted by molar-refractivity contribution is -0.137. The Bertz CT molecular complexity index is 1090. The Morgan fingerprint density at radius 1 is 1.28 bits per heavy atom. The molecule has 0 atom stereocenters. The van der Waals surface area contributed by atoms with Crippen molar-refractivity contribution >= 4 is 40.4 Å². The summed E-state index contributed by atoms with van der Waals surface area (Å²) in [6, 6.07) is 6.80. The first-order valence-electron chi connectivity index (χ1n) is 9.40. The fourth-order valence-electron chi connectivity index (χ4n) is 2.77. The van der Waals surface area contributed by atoms with Gasteiger partial charge < -0.3 is 14.7 Å². The van der Waals surface area contributed by atoms with Crippen LogP contribution >= 0.6 is 22.9 Å². The molecule has 32 heavy (non-hydrogen) atoms. The molecular weight excluding hydrogens is 469 g/mol. The molecule has 0 aliphatic heterocycles. The van der Waals surface area contributed by atoms with Gasteiger partial charge in [-0.3, -0.25) is 9.59 Å². The second-order valence-corrected chi connectivity index (χ2v) is 8.19. The zero-order valence-electron chi connectivity index (χ0n) is 16.8. The van der Waals surface area contributed by atoms with E-state index in [0.29, 0.717) is 24.6 Å². The Morgan fingerprint density at radius 2 is 2.06 bits per heavy atom. The van der Waals surface area contributed by atoms with Crippen LogP contribution in [0.2, 0.25) is 5.02 Å². The average molecular weight is 487 g/mol. The number of alkyl halides is 3. The maximum Gasteiger partial charge on any atom is 0.417 e. The third kappa shape index (κ3) is 6.30. The highest BCUT2D eigenvalue weighted by Crippen LogP contribution is 2.36. The van der Waals surface area contributed by atoms with Crippen molar-refractivity contribution in [2.24, 2.45) is 0 Å². The van der Waals surface area contributed by atoms with Crippen LogP contribution < -0.4 is 5.32 Å². The van der Waals surface area contributed by atoms with Gasteiger partial charge in [0.15, 0.2) is 0 Å². The summed E-state index contributed by atoms with van der Waals surface area (Å²) in [5.41, 5.74) is -1.12. The number of aryl methyl sites for hydroxylation is 1. The number of nitrogens with zero attached hydrogens (tertiary/aromatic N) is 3. The van der Waals surface area contributed by atoms with Gasteiger partial charge in [-0.05, 0) is 36.1 Å². The summed E-state index contributed by atoms with van der Waals surface area (Å²) in [6.45, 7) is -0.314. The predicted octanol–water partition coefficient (Wildman–Crippen LogP) is 4.89. The number of halogens is 4. The molecule has 0 saturated heterocycles. The van der Waals surface area contributed by atoms with E-state index in [1.165, 1.54) is 29.4 Å². The van der Waals surface area contributed by atoms with Gasteiger partial charge in [0.1, 0.15) is 0 Å². The lowest BCUT2D eigenvalue weighted by Gasteiger charge is -2.17. The van der Waals surface area contributed by atoms with Crippen LogP contribution in [0.1, 0.15) is 24.3 Å². The van der Waals surface area contributed by atoms with Crippen molar-refractivity contribution in [1.82, 2.24) is 15.0 Å². The molecule has 170 valence electrons. The highest BCUT2D eigenvalue weighted by Gasteiger charge is 2.33. The second-order valence-electron chi connectivity index (χ2n) is 6.83. The zero-order valence-corrected chi connectivity index (χ0v) is 18.4. The van der Waals surface area contributed by atoms with Gasteiger partial charge in [0.05, 0.1) is 22.0 Å². The highest BCUT2D eigenvalue weighted by atomic mass is 35.5. The van der Waals surface area contributed by atoms with Gasteiger partial charge >= 0.3 is 6.18 Å². The number of hydrogen-bond donors (Lipinski definition) is 1. The second kappa shape index (κ2) is 10.1. The molecule has 7 nitrogen and oxygen atoms in total. The third-order valence-corrected chi connectivity index (χ3v) is 5.55. The molecule has 0 saturated carbocycles. The van der Waals surface area contributed by atoms with Gasteiger partial charge in [-0.15, -0.1) is 11.3 Å². The first-order chi connectivity index (χ1) is 15.1. The molecule has 12 heteroatoms. The topological polar surface area (TPSA) is 88.3 Å². The largest absolute Gasteiger partial charge is 0.417 e. The maximum atomic E-state index is 12.9. The molecule has 3 rings (SSSR count). The van der Waals surface area contributed by atoms with Gasteiger partial charge in [-0.25, -0.2) is 0 Å². The summed E-state index contributed by atoms with van der Waals surface area (Å²) < 4.78 is 44.0. The number of carbonyl (C=O) groups excluding carboxylic acids is 2. The number of nitrogens with one attached hydrogen (secondary N) is 1. The van der Waals surface area contributed by atoms with Gasteiger partial charge in [0.25, 0.3) is 0 Å². The fraction of sp³-hybridized carbons (Fsp3) is 0.300. The summed E-state index contributed by atoms with van der Waals surface area (Å²) in [6.07, 6.45) is -3.68. The number of aromatic nitrogens is 2. The van der Waals surface area contributed by atoms with E-state index in [2.05, 4.69) is 15.5 Å². The summed E-state index contributed by atoms with van der Waals surface area (Å²) in [7, 11) is 1.44. The molecule has 1 N–H and O–H groups in total. The minimum Gasteiger partial charge on any atom is -0.339 e. The normalized spacial score (nSPS) is 11.4. The van der Waals surface area contributed by atoms with E-state index in [1.54, 1.807) is 0 Å². The van der Waals surface area contributed by atoms with Crippen LogP contribution in [0.3, 0.4) is 0 Å². The number of likely N-dealkylation sites (N-methyl/N-ethyl adjacent to an activating group) is 1. The van der Waals surface area contributed by atoms with Crippen molar-refractivity contribution in [3.8, 4) is 10.7 Å². The lowest BCUT2D eigenvalue weighted by Crippen LogP contribution is -2.34. The van der Waals surface area contributed by atoms with Crippen LogP contribution in [0, 0.1) is 0 Å². The molecule has 0 unspecified atom stereocenters. The Balaban J connectivity index is 1.45. The van der Waals surface area contributed by atoms with Gasteiger partial charge in [-0.2, -0.15) is 18.2 Å². The molecule has 1 aromatic carbocycles. The van der Waals surface area contributed by atoms with Crippen LogP contribution in [0.15, 0.2) is 40.2 Å². The summed E-state index contributed by atoms with van der Waals surface area (Å²) in [4.78, 5) is 30.7. The molecule has 0 bridgehead atoms. The van der Waals surface area contributed by atoms with E-state index in [1.807, 2.05) is 17.5 Å². The molecule has 0 aliphatic rings. The number of anilines is 1. The van der Waals surface area contributed by atoms with Crippen molar-refractivity contribution in [3.05, 3.63) is 52.2 Å². The minimum absolute atomic E-state index is 0.0643. The molecule has 0 spiro atoms. The number of carbonyl (C=O) groups is 2. The van der Waals surface area contributed by atoms with Crippen molar-refractivity contribution in [2.45, 2.75) is 25.4 Å². The van der Waals surface area contributed by atoms with Gasteiger partial charge in [-0.1, -0.05) is 22.8 Å². The molecule has 0 aliphatic carbocycles. The first kappa shape index (κ1) is 23.7. The van der Waals surface area contributed by atoms with Crippen LogP contribution in [-0.4, -0.2) is 40.4 Å². The maximum absolute atomic E-state index is 12.9. The van der Waals surface area contributed by atoms with Crippen LogP contribution in [0.4, 0.5) is 18.9 Å². The van der Waals surface area contributed by atoms with Crippen molar-refractivity contribution in [3.63, 3.8) is 0 Å². The third-order valence-electron chi connectivity index (χ3n) is 4.35. The number of thiophene rings is 1. The van der Waals surface area contributed by atoms with Gasteiger partial charge in [0.2, 0.25) is 23.5 Å². The van der Waals surface area contributed by atoms with E-state index in [4.69, 9.17) is 16.1 Å². The number of rotatable bonds is 8. The molecule has 2 amide bonds. The van der Waals surface area contributed by atoms with E-state index in [0.717, 1.165) is 17.0 Å². The first-order valence-corrected chi connectivity index (χ1v) is 10.7. The van der Waals surface area contributed by atoms with E-state index in [9.17, 15) is 22.8 Å². The molecule has 0 fully saturated rings. The van der Waals surface area contributed by atoms with Crippen LogP contribution in [0.25, 0.3) is 10.7 Å². The Labute approximate surface area is 190 Å². The SMILES string of the molecule is CN(CC(=O)Nc1ccc(Cl)c(C(F)(F)F)c1)C(=O)CCCc1nc(-c2cccs2)no1. The smallest absolute Gasteiger partial charge is 0.339 e. The predicted molar refractivity (Wildman–Crippen MR) is 113 cm³/mol. The minimum atomic E-state index is -4.65. The zero-order chi connectivity index (χ0) is 23.3. The summed E-state index contributed by atoms with van der Waals surface area (Å²) in [5, 5.41) is 7.67. The Morgan fingerprint density at radius 3 is 2.75 bits per heavy atom. The van der Waals surface area contributed by atoms with Crippen molar-refractivity contribution in [2.75, 3.05) is 18.9 Å². The van der Waals surface area contributed by atoms with Crippen LogP contribution in [-0.2, 0) is 22.2 Å². The Hall–Kier alpha value is -2.92. The lowest BCUT2D eigenvalue weighted by atomic mass is 10.2. The van der Waals surface area contributed by atoms with E-state index in [-0.39, 0.29) is 24.6 Å². The number of benzene rings is 1. The standard InChI is InChI=1S/C20H18ClF3N4O3S/c1-28(11-16(29)25-12-7-8-14(21)13(10-12)20(22,23)24)18(30)6-2-5-17-26-19(27-31-17)15-4-3-9-32-15/h3-4,7-10H,2,5-6,11H2,1H3,(H,25,29). The van der Waals surface area contributed by atoms with Gasteiger partial charge in [0, 0.05) is 25.6 Å². The summed E-state index contributed by atoms with van der Waals surface area (Å²) >= 11 is 7.05. The van der Waals surface area contributed by atoms with Crippen molar-refractivity contribution in [1.29, 1.82) is 0 Å². The van der Waals surface area contributed by atoms with Crippen molar-refractivity contribution < 1.29 is 27.3 Å². The number of amides is 2. The monoisotopic (exact) mass is 486 g/mol. The highest BCUT2D eigenvalue weighted by molar-refractivity contribution is 7.13. The molecule has 0 radical (unpaired) electrons. The molecule has 2 aromatic heterocycles. The van der Waals surface area contributed by atoms with E-state index < -0.39 is 22.7 Å². The molecule has 2 heterocycles. The summed E-state index contributed by atoms with van der Waals surface area (Å²) in [5.74, 6) is -0.0326. The average Bonchev–Trinajstić information content (AvgIpc) is 3.40. The Kier molecular flexibility index (Phi) is 7.52. The van der Waals surface area contributed by atoms with E-state index >= 15 is 0 Å². The molecule has 3 aromatic rings. The van der Waals surface area contributed by atoms with Crippen LogP contribution in [0.5, 0.6) is 0 Å². The fourth-order valence-corrected chi connectivity index (χ4v) is 3.64. The quantitative estimate of drug-likeness (QED) is 0.489. The number of hydrogen-bond acceptors (Lipinski definition) is 6.